The van der Waals surface area contributed by atoms with Gasteiger partial charge in [-0.05, 0) is 44.9 Å². The van der Waals surface area contributed by atoms with Gasteiger partial charge in [-0.15, -0.1) is 0 Å². The molecule has 0 aliphatic heterocycles. The minimum atomic E-state index is 0.615. The van der Waals surface area contributed by atoms with Crippen molar-refractivity contribution in [1.82, 2.24) is 10.2 Å². The zero-order valence-electron chi connectivity index (χ0n) is 12.3. The van der Waals surface area contributed by atoms with Crippen molar-refractivity contribution < 1.29 is 4.42 Å². The maximum absolute atomic E-state index is 5.33. The molecule has 0 aliphatic rings. The van der Waals surface area contributed by atoms with Gasteiger partial charge in [0.25, 0.3) is 0 Å². The third kappa shape index (κ3) is 6.82. The van der Waals surface area contributed by atoms with Gasteiger partial charge in [-0.2, -0.15) is 0 Å². The summed E-state index contributed by atoms with van der Waals surface area (Å²) in [6, 6.07) is 4.58. The van der Waals surface area contributed by atoms with Gasteiger partial charge in [0, 0.05) is 19.1 Å². The first-order chi connectivity index (χ1) is 8.58. The van der Waals surface area contributed by atoms with E-state index in [0.29, 0.717) is 6.04 Å². The van der Waals surface area contributed by atoms with Gasteiger partial charge in [-0.1, -0.05) is 13.8 Å². The molecule has 104 valence electrons. The van der Waals surface area contributed by atoms with Crippen LogP contribution in [0.25, 0.3) is 0 Å². The number of hydrogen-bond donors (Lipinski definition) is 1. The molecule has 1 rings (SSSR count). The Morgan fingerprint density at radius 3 is 2.67 bits per heavy atom. The highest BCUT2D eigenvalue weighted by Crippen LogP contribution is 2.06. The van der Waals surface area contributed by atoms with Gasteiger partial charge >= 0.3 is 0 Å². The van der Waals surface area contributed by atoms with Crippen molar-refractivity contribution in [3.05, 3.63) is 24.2 Å². The lowest BCUT2D eigenvalue weighted by Crippen LogP contribution is -2.34. The van der Waals surface area contributed by atoms with Gasteiger partial charge in [0.05, 0.1) is 12.8 Å². The molecule has 0 amide bonds. The maximum atomic E-state index is 5.33. The maximum Gasteiger partial charge on any atom is 0.117 e. The molecule has 0 aliphatic carbocycles. The molecule has 3 nitrogen and oxygen atoms in total. The predicted octanol–water partition coefficient (Wildman–Crippen LogP) is 3.13. The summed E-state index contributed by atoms with van der Waals surface area (Å²) in [5, 5.41) is 3.58. The van der Waals surface area contributed by atoms with Crippen molar-refractivity contribution in [3.63, 3.8) is 0 Å². The summed E-state index contributed by atoms with van der Waals surface area (Å²) in [5.74, 6) is 1.83. The molecule has 0 fully saturated rings. The number of rotatable bonds is 9. The average molecular weight is 252 g/mol. The average Bonchev–Trinajstić information content (AvgIpc) is 2.79. The van der Waals surface area contributed by atoms with Gasteiger partial charge < -0.3 is 9.73 Å². The second kappa shape index (κ2) is 8.33. The van der Waals surface area contributed by atoms with Crippen LogP contribution < -0.4 is 5.32 Å². The fourth-order valence-corrected chi connectivity index (χ4v) is 1.93. The molecule has 1 aromatic rings. The number of nitrogens with zero attached hydrogens (tertiary/aromatic N) is 1. The fourth-order valence-electron chi connectivity index (χ4n) is 1.93. The number of likely N-dealkylation sites (N-methyl/N-ethyl adjacent to an activating group) is 1. The van der Waals surface area contributed by atoms with Gasteiger partial charge in [0.2, 0.25) is 0 Å². The fraction of sp³-hybridized carbons (Fsp3) is 0.733. The molecule has 1 aromatic heterocycles. The van der Waals surface area contributed by atoms with Gasteiger partial charge in [-0.3, -0.25) is 4.90 Å². The zero-order chi connectivity index (χ0) is 13.4. The first-order valence-corrected chi connectivity index (χ1v) is 7.02. The number of furan rings is 1. The Hall–Kier alpha value is -0.800. The SMILES string of the molecule is CC(C)CCC(C)NCCN(C)Cc1ccco1. The Labute approximate surface area is 112 Å². The highest BCUT2D eigenvalue weighted by molar-refractivity contribution is 4.97. The summed E-state index contributed by atoms with van der Waals surface area (Å²) < 4.78 is 5.33. The topological polar surface area (TPSA) is 28.4 Å². The lowest BCUT2D eigenvalue weighted by molar-refractivity contribution is 0.287. The van der Waals surface area contributed by atoms with Crippen LogP contribution in [0, 0.1) is 5.92 Å². The van der Waals surface area contributed by atoms with E-state index in [4.69, 9.17) is 4.42 Å². The van der Waals surface area contributed by atoms with E-state index in [2.05, 4.69) is 38.0 Å². The number of hydrogen-bond acceptors (Lipinski definition) is 3. The summed E-state index contributed by atoms with van der Waals surface area (Å²) in [6.07, 6.45) is 4.30. The van der Waals surface area contributed by atoms with E-state index >= 15 is 0 Å². The lowest BCUT2D eigenvalue weighted by atomic mass is 10.0. The van der Waals surface area contributed by atoms with Crippen LogP contribution in [0.4, 0.5) is 0 Å². The van der Waals surface area contributed by atoms with Crippen LogP contribution in [0.15, 0.2) is 22.8 Å². The smallest absolute Gasteiger partial charge is 0.117 e. The van der Waals surface area contributed by atoms with Crippen LogP contribution in [0.1, 0.15) is 39.4 Å². The Bertz CT molecular complexity index is 295. The van der Waals surface area contributed by atoms with E-state index in [-0.39, 0.29) is 0 Å². The van der Waals surface area contributed by atoms with Crippen LogP contribution in [0.5, 0.6) is 0 Å². The highest BCUT2D eigenvalue weighted by Gasteiger charge is 2.05. The first-order valence-electron chi connectivity index (χ1n) is 7.02. The molecule has 0 aromatic carbocycles. The predicted molar refractivity (Wildman–Crippen MR) is 76.6 cm³/mol. The third-order valence-corrected chi connectivity index (χ3v) is 3.17. The van der Waals surface area contributed by atoms with Crippen molar-refractivity contribution in [3.8, 4) is 0 Å². The first kappa shape index (κ1) is 15.3. The van der Waals surface area contributed by atoms with Gasteiger partial charge in [-0.25, -0.2) is 0 Å². The molecule has 1 unspecified atom stereocenters. The van der Waals surface area contributed by atoms with Crippen molar-refractivity contribution in [2.75, 3.05) is 20.1 Å². The van der Waals surface area contributed by atoms with E-state index in [1.165, 1.54) is 12.8 Å². The quantitative estimate of drug-likeness (QED) is 0.732. The van der Waals surface area contributed by atoms with Crippen LogP contribution in [0.2, 0.25) is 0 Å². The third-order valence-electron chi connectivity index (χ3n) is 3.17. The van der Waals surface area contributed by atoms with E-state index in [1.54, 1.807) is 6.26 Å². The summed E-state index contributed by atoms with van der Waals surface area (Å²) >= 11 is 0. The van der Waals surface area contributed by atoms with Crippen molar-refractivity contribution in [2.24, 2.45) is 5.92 Å². The Balaban J connectivity index is 2.06. The molecule has 1 atom stereocenters. The van der Waals surface area contributed by atoms with Crippen molar-refractivity contribution >= 4 is 0 Å². The highest BCUT2D eigenvalue weighted by atomic mass is 16.3. The molecule has 0 bridgehead atoms. The molecular weight excluding hydrogens is 224 g/mol. The normalized spacial score (nSPS) is 13.4. The van der Waals surface area contributed by atoms with Crippen molar-refractivity contribution in [2.45, 2.75) is 46.2 Å². The van der Waals surface area contributed by atoms with Crippen LogP contribution in [-0.2, 0) is 6.54 Å². The number of nitrogens with one attached hydrogen (secondary N) is 1. The summed E-state index contributed by atoms with van der Waals surface area (Å²) in [6.45, 7) is 9.81. The van der Waals surface area contributed by atoms with Crippen LogP contribution in [0.3, 0.4) is 0 Å². The van der Waals surface area contributed by atoms with Gasteiger partial charge in [0.1, 0.15) is 5.76 Å². The van der Waals surface area contributed by atoms with Crippen LogP contribution in [-0.4, -0.2) is 31.1 Å². The van der Waals surface area contributed by atoms with Gasteiger partial charge in [0.15, 0.2) is 0 Å². The second-order valence-electron chi connectivity index (χ2n) is 5.64. The molecule has 0 saturated heterocycles. The summed E-state index contributed by atoms with van der Waals surface area (Å²) in [5.41, 5.74) is 0. The largest absolute Gasteiger partial charge is 0.468 e. The molecular formula is C15H28N2O. The minimum absolute atomic E-state index is 0.615. The van der Waals surface area contributed by atoms with Crippen molar-refractivity contribution in [1.29, 1.82) is 0 Å². The molecule has 3 heteroatoms. The molecule has 0 saturated carbocycles. The second-order valence-corrected chi connectivity index (χ2v) is 5.64. The molecule has 18 heavy (non-hydrogen) atoms. The summed E-state index contributed by atoms with van der Waals surface area (Å²) in [4.78, 5) is 2.28. The molecule has 1 heterocycles. The Morgan fingerprint density at radius 1 is 1.28 bits per heavy atom. The molecule has 1 N–H and O–H groups in total. The lowest BCUT2D eigenvalue weighted by Gasteiger charge is -2.19. The molecule has 0 radical (unpaired) electrons. The Morgan fingerprint density at radius 2 is 2.06 bits per heavy atom. The molecule has 0 spiro atoms. The minimum Gasteiger partial charge on any atom is -0.468 e. The van der Waals surface area contributed by atoms with Crippen LogP contribution >= 0.6 is 0 Å². The standard InChI is InChI=1S/C15H28N2O/c1-13(2)7-8-14(3)16-9-10-17(4)12-15-6-5-11-18-15/h5-6,11,13-14,16H,7-10,12H2,1-4H3. The summed E-state index contributed by atoms with van der Waals surface area (Å²) in [7, 11) is 2.13. The van der Waals surface area contributed by atoms with E-state index in [1.807, 2.05) is 12.1 Å². The van der Waals surface area contributed by atoms with E-state index < -0.39 is 0 Å². The Kier molecular flexibility index (Phi) is 7.06. The monoisotopic (exact) mass is 252 g/mol. The van der Waals surface area contributed by atoms with E-state index in [0.717, 1.165) is 31.3 Å². The van der Waals surface area contributed by atoms with E-state index in [9.17, 15) is 0 Å². The zero-order valence-corrected chi connectivity index (χ0v) is 12.3.